The lowest BCUT2D eigenvalue weighted by atomic mass is 10.1. The summed E-state index contributed by atoms with van der Waals surface area (Å²) in [6.45, 7) is 8.86. The Morgan fingerprint density at radius 1 is 1.08 bits per heavy atom. The molecular weight excluding hydrogens is 328 g/mol. The molecule has 2 atom stereocenters. The van der Waals surface area contributed by atoms with Crippen LogP contribution in [0.15, 0.2) is 78.2 Å². The minimum atomic E-state index is -1.83. The number of hydrogen-bond donors (Lipinski definition) is 0. The molecule has 0 N–H and O–H groups in total. The quantitative estimate of drug-likeness (QED) is 0.476. The molecule has 24 heavy (non-hydrogen) atoms. The maximum Gasteiger partial charge on any atom is 0.0771 e. The Bertz CT molecular complexity index is 720. The zero-order valence-electron chi connectivity index (χ0n) is 14.6. The summed E-state index contributed by atoms with van der Waals surface area (Å²) >= 11 is 0. The van der Waals surface area contributed by atoms with Gasteiger partial charge in [0.2, 0.25) is 0 Å². The van der Waals surface area contributed by atoms with E-state index in [2.05, 4.69) is 50.0 Å². The molecular formula is C21H26OSSi. The largest absolute Gasteiger partial charge is 0.254 e. The number of hydrogen-bond acceptors (Lipinski definition) is 1. The molecule has 1 aliphatic carbocycles. The average Bonchev–Trinajstić information content (AvgIpc) is 3.43. The van der Waals surface area contributed by atoms with Crippen LogP contribution in [0.3, 0.4) is 0 Å². The van der Waals surface area contributed by atoms with Gasteiger partial charge in [0.05, 0.1) is 18.9 Å². The van der Waals surface area contributed by atoms with Crippen LogP contribution in [0.4, 0.5) is 0 Å². The first-order chi connectivity index (χ1) is 11.5. The summed E-state index contributed by atoms with van der Waals surface area (Å²) in [6.07, 6.45) is 5.19. The van der Waals surface area contributed by atoms with E-state index < -0.39 is 18.9 Å². The van der Waals surface area contributed by atoms with E-state index in [9.17, 15) is 4.21 Å². The van der Waals surface area contributed by atoms with Gasteiger partial charge in [-0.15, -0.1) is 6.58 Å². The first kappa shape index (κ1) is 17.4. The topological polar surface area (TPSA) is 17.1 Å². The van der Waals surface area contributed by atoms with Crippen molar-refractivity contribution in [2.75, 3.05) is 0 Å². The van der Waals surface area contributed by atoms with Gasteiger partial charge < -0.3 is 0 Å². The van der Waals surface area contributed by atoms with E-state index in [1.54, 1.807) is 0 Å². The molecule has 3 rings (SSSR count). The molecule has 126 valence electrons. The van der Waals surface area contributed by atoms with E-state index in [4.69, 9.17) is 0 Å². The van der Waals surface area contributed by atoms with E-state index in [0.29, 0.717) is 5.54 Å². The summed E-state index contributed by atoms with van der Waals surface area (Å²) in [5.74, 6) is 0. The third-order valence-electron chi connectivity index (χ3n) is 5.67. The van der Waals surface area contributed by atoms with Crippen molar-refractivity contribution in [2.24, 2.45) is 0 Å². The summed E-state index contributed by atoms with van der Waals surface area (Å²) in [5, 5.41) is 0. The highest BCUT2D eigenvalue weighted by atomic mass is 32.2. The van der Waals surface area contributed by atoms with Crippen LogP contribution in [-0.4, -0.2) is 16.7 Å². The molecule has 0 saturated heterocycles. The molecule has 1 aliphatic rings. The van der Waals surface area contributed by atoms with Gasteiger partial charge >= 0.3 is 0 Å². The second-order valence-electron chi connectivity index (χ2n) is 7.29. The van der Waals surface area contributed by atoms with Gasteiger partial charge in [-0.2, -0.15) is 0 Å². The van der Waals surface area contributed by atoms with Crippen LogP contribution in [0, 0.1) is 0 Å². The van der Waals surface area contributed by atoms with Crippen molar-refractivity contribution in [3.8, 4) is 0 Å². The average molecular weight is 355 g/mol. The zero-order valence-corrected chi connectivity index (χ0v) is 16.4. The smallest absolute Gasteiger partial charge is 0.0771 e. The highest BCUT2D eigenvalue weighted by molar-refractivity contribution is 7.89. The van der Waals surface area contributed by atoms with Gasteiger partial charge in [-0.05, 0) is 42.5 Å². The fourth-order valence-electron chi connectivity index (χ4n) is 3.97. The minimum absolute atomic E-state index is 0.00211. The fraction of sp³-hybridized carbons (Fsp3) is 0.333. The Morgan fingerprint density at radius 2 is 1.62 bits per heavy atom. The van der Waals surface area contributed by atoms with Crippen molar-refractivity contribution in [1.29, 1.82) is 0 Å². The molecule has 2 aromatic carbocycles. The van der Waals surface area contributed by atoms with Crippen molar-refractivity contribution in [2.45, 2.75) is 47.2 Å². The highest BCUT2D eigenvalue weighted by Gasteiger charge is 2.62. The van der Waals surface area contributed by atoms with E-state index in [0.717, 1.165) is 24.2 Å². The summed E-state index contributed by atoms with van der Waals surface area (Å²) in [6, 6.07) is 20.8. The Kier molecular flexibility index (Phi) is 4.93. The maximum atomic E-state index is 13.4. The van der Waals surface area contributed by atoms with Crippen LogP contribution in [-0.2, 0) is 10.8 Å². The lowest BCUT2D eigenvalue weighted by Crippen LogP contribution is -2.52. The predicted molar refractivity (Wildman–Crippen MR) is 106 cm³/mol. The summed E-state index contributed by atoms with van der Waals surface area (Å²) in [5.41, 5.74) is 1.84. The zero-order chi connectivity index (χ0) is 17.2. The monoisotopic (exact) mass is 354 g/mol. The third-order valence-corrected chi connectivity index (χ3v) is 14.8. The lowest BCUT2D eigenvalue weighted by molar-refractivity contribution is 0.677. The molecule has 0 spiro atoms. The molecule has 0 aromatic heterocycles. The predicted octanol–water partition coefficient (Wildman–Crippen LogP) is 5.47. The van der Waals surface area contributed by atoms with E-state index in [1.807, 2.05) is 36.4 Å². The molecule has 1 fully saturated rings. The van der Waals surface area contributed by atoms with Crippen molar-refractivity contribution < 1.29 is 4.21 Å². The molecule has 1 saturated carbocycles. The normalized spacial score (nSPS) is 18.6. The molecule has 0 heterocycles. The number of rotatable bonds is 7. The van der Waals surface area contributed by atoms with E-state index in [-0.39, 0.29) is 4.37 Å². The Morgan fingerprint density at radius 3 is 2.12 bits per heavy atom. The summed E-state index contributed by atoms with van der Waals surface area (Å²) in [7, 11) is -2.75. The SMILES string of the molecule is C=CCC(c1ccccc1)[Si](C)(C)C1(S(=O)c2ccccc2)CC1. The van der Waals surface area contributed by atoms with Gasteiger partial charge in [0, 0.05) is 9.27 Å². The maximum absolute atomic E-state index is 13.4. The fourth-order valence-corrected chi connectivity index (χ4v) is 11.8. The molecule has 3 heteroatoms. The van der Waals surface area contributed by atoms with Crippen LogP contribution < -0.4 is 0 Å². The van der Waals surface area contributed by atoms with Gasteiger partial charge in [0.15, 0.2) is 0 Å². The summed E-state index contributed by atoms with van der Waals surface area (Å²) in [4.78, 5) is 0.987. The van der Waals surface area contributed by atoms with E-state index >= 15 is 0 Å². The standard InChI is InChI=1S/C21H26OSSi/c1-4-11-20(18-12-7-5-8-13-18)24(2,3)21(16-17-21)23(22)19-14-9-6-10-15-19/h4-10,12-15,20H,1,11,16-17H2,2-3H3. The van der Waals surface area contributed by atoms with Crippen molar-refractivity contribution >= 4 is 18.9 Å². The van der Waals surface area contributed by atoms with Gasteiger partial charge in [0.25, 0.3) is 0 Å². The van der Waals surface area contributed by atoms with E-state index in [1.165, 1.54) is 5.56 Å². The van der Waals surface area contributed by atoms with Crippen molar-refractivity contribution in [3.63, 3.8) is 0 Å². The van der Waals surface area contributed by atoms with Gasteiger partial charge in [-0.1, -0.05) is 67.7 Å². The number of allylic oxidation sites excluding steroid dienone is 1. The van der Waals surface area contributed by atoms with Crippen LogP contribution in [0.25, 0.3) is 0 Å². The minimum Gasteiger partial charge on any atom is -0.254 e. The van der Waals surface area contributed by atoms with Gasteiger partial charge in [-0.3, -0.25) is 4.21 Å². The van der Waals surface area contributed by atoms with Gasteiger partial charge in [0.1, 0.15) is 0 Å². The molecule has 2 aromatic rings. The second kappa shape index (κ2) is 6.81. The molecule has 0 amide bonds. The van der Waals surface area contributed by atoms with Crippen LogP contribution in [0.1, 0.15) is 30.4 Å². The van der Waals surface area contributed by atoms with Crippen molar-refractivity contribution in [3.05, 3.63) is 78.9 Å². The second-order valence-corrected chi connectivity index (χ2v) is 14.5. The first-order valence-corrected chi connectivity index (χ1v) is 12.9. The van der Waals surface area contributed by atoms with Crippen molar-refractivity contribution in [1.82, 2.24) is 0 Å². The molecule has 0 bridgehead atoms. The molecule has 1 nitrogen and oxygen atoms in total. The van der Waals surface area contributed by atoms with Crippen LogP contribution in [0.2, 0.25) is 13.1 Å². The molecule has 0 aliphatic heterocycles. The van der Waals surface area contributed by atoms with Crippen LogP contribution in [0.5, 0.6) is 0 Å². The first-order valence-electron chi connectivity index (χ1n) is 8.66. The highest BCUT2D eigenvalue weighted by Crippen LogP contribution is 2.55. The lowest BCUT2D eigenvalue weighted by Gasteiger charge is -2.39. The Labute approximate surface area is 149 Å². The molecule has 0 radical (unpaired) electrons. The van der Waals surface area contributed by atoms with Gasteiger partial charge in [-0.25, -0.2) is 0 Å². The number of benzene rings is 2. The Hall–Kier alpha value is -1.45. The summed E-state index contributed by atoms with van der Waals surface area (Å²) < 4.78 is 13.4. The molecule has 2 unspecified atom stereocenters. The third kappa shape index (κ3) is 2.95. The van der Waals surface area contributed by atoms with Crippen LogP contribution >= 0.6 is 0 Å². The Balaban J connectivity index is 1.98.